The summed E-state index contributed by atoms with van der Waals surface area (Å²) in [5.74, 6) is -0.495. The van der Waals surface area contributed by atoms with Crippen LogP contribution in [-0.2, 0) is 22.6 Å². The Morgan fingerprint density at radius 3 is 2.72 bits per heavy atom. The SMILES string of the molecule is COC(=O)c1ccc2c(c1)nc1n2[C@@H](CNCc2ccc(C(=O)O)cc2)COC1. The molecule has 1 atom stereocenters. The maximum Gasteiger partial charge on any atom is 0.337 e. The smallest absolute Gasteiger partial charge is 0.337 e. The number of carbonyl (C=O) groups excluding carboxylic acids is 1. The Morgan fingerprint density at radius 2 is 2.00 bits per heavy atom. The van der Waals surface area contributed by atoms with Gasteiger partial charge >= 0.3 is 11.9 Å². The highest BCUT2D eigenvalue weighted by Crippen LogP contribution is 2.26. The largest absolute Gasteiger partial charge is 0.478 e. The monoisotopic (exact) mass is 395 g/mol. The van der Waals surface area contributed by atoms with Crippen LogP contribution < -0.4 is 5.32 Å². The first-order valence-corrected chi connectivity index (χ1v) is 9.26. The number of fused-ring (bicyclic) bond motifs is 3. The fourth-order valence-corrected chi connectivity index (χ4v) is 3.56. The molecule has 2 N–H and O–H groups in total. The third kappa shape index (κ3) is 3.85. The Hall–Kier alpha value is -3.23. The number of carbonyl (C=O) groups is 2. The minimum absolute atomic E-state index is 0.0611. The quantitative estimate of drug-likeness (QED) is 0.618. The highest BCUT2D eigenvalue weighted by Gasteiger charge is 2.24. The van der Waals surface area contributed by atoms with E-state index in [1.807, 2.05) is 6.07 Å². The molecule has 3 aromatic rings. The van der Waals surface area contributed by atoms with Crippen LogP contribution in [0.4, 0.5) is 0 Å². The lowest BCUT2D eigenvalue weighted by Crippen LogP contribution is -2.32. The maximum atomic E-state index is 11.8. The molecule has 0 saturated carbocycles. The fourth-order valence-electron chi connectivity index (χ4n) is 3.56. The molecule has 29 heavy (non-hydrogen) atoms. The summed E-state index contributed by atoms with van der Waals surface area (Å²) < 4.78 is 12.6. The summed E-state index contributed by atoms with van der Waals surface area (Å²) >= 11 is 0. The van der Waals surface area contributed by atoms with Gasteiger partial charge in [0.05, 0.1) is 41.9 Å². The first-order chi connectivity index (χ1) is 14.1. The number of imidazole rings is 1. The average Bonchev–Trinajstić information content (AvgIpc) is 3.12. The lowest BCUT2D eigenvalue weighted by atomic mass is 10.1. The van der Waals surface area contributed by atoms with Crippen molar-refractivity contribution in [3.05, 3.63) is 65.0 Å². The van der Waals surface area contributed by atoms with E-state index in [9.17, 15) is 9.59 Å². The van der Waals surface area contributed by atoms with Crippen molar-refractivity contribution in [3.63, 3.8) is 0 Å². The highest BCUT2D eigenvalue weighted by atomic mass is 16.5. The fraction of sp³-hybridized carbons (Fsp3) is 0.286. The van der Waals surface area contributed by atoms with E-state index in [2.05, 4.69) is 14.9 Å². The van der Waals surface area contributed by atoms with E-state index in [0.29, 0.717) is 31.9 Å². The van der Waals surface area contributed by atoms with E-state index < -0.39 is 5.97 Å². The summed E-state index contributed by atoms with van der Waals surface area (Å²) in [6, 6.07) is 12.2. The van der Waals surface area contributed by atoms with Crippen molar-refractivity contribution in [1.82, 2.24) is 14.9 Å². The zero-order valence-electron chi connectivity index (χ0n) is 15.9. The predicted molar refractivity (Wildman–Crippen MR) is 105 cm³/mol. The number of ether oxygens (including phenoxy) is 2. The number of carboxylic acids is 1. The number of nitrogens with zero attached hydrogens (tertiary/aromatic N) is 2. The van der Waals surface area contributed by atoms with Gasteiger partial charge < -0.3 is 24.5 Å². The minimum Gasteiger partial charge on any atom is -0.478 e. The maximum absolute atomic E-state index is 11.8. The summed E-state index contributed by atoms with van der Waals surface area (Å²) in [5, 5.41) is 12.4. The second-order valence-electron chi connectivity index (χ2n) is 6.90. The van der Waals surface area contributed by atoms with Crippen LogP contribution in [0.25, 0.3) is 11.0 Å². The molecular formula is C21H21N3O5. The Labute approximate surface area is 167 Å². The van der Waals surface area contributed by atoms with Crippen molar-refractivity contribution in [1.29, 1.82) is 0 Å². The molecule has 0 radical (unpaired) electrons. The molecule has 150 valence electrons. The van der Waals surface area contributed by atoms with Crippen molar-refractivity contribution in [2.45, 2.75) is 19.2 Å². The zero-order chi connectivity index (χ0) is 20.4. The molecular weight excluding hydrogens is 374 g/mol. The van der Waals surface area contributed by atoms with E-state index >= 15 is 0 Å². The molecule has 2 heterocycles. The van der Waals surface area contributed by atoms with Gasteiger partial charge in [-0.1, -0.05) is 12.1 Å². The van der Waals surface area contributed by atoms with E-state index in [4.69, 9.17) is 14.6 Å². The number of esters is 1. The van der Waals surface area contributed by atoms with Gasteiger partial charge in [0.25, 0.3) is 0 Å². The van der Waals surface area contributed by atoms with Crippen molar-refractivity contribution < 1.29 is 24.2 Å². The van der Waals surface area contributed by atoms with Crippen LogP contribution in [0.15, 0.2) is 42.5 Å². The topological polar surface area (TPSA) is 103 Å². The second-order valence-corrected chi connectivity index (χ2v) is 6.90. The summed E-state index contributed by atoms with van der Waals surface area (Å²) in [6.07, 6.45) is 0. The van der Waals surface area contributed by atoms with Gasteiger partial charge in [-0.3, -0.25) is 0 Å². The Balaban J connectivity index is 1.49. The van der Waals surface area contributed by atoms with Gasteiger partial charge in [-0.25, -0.2) is 14.6 Å². The number of methoxy groups -OCH3 is 1. The summed E-state index contributed by atoms with van der Waals surface area (Å²) in [4.78, 5) is 27.3. The third-order valence-corrected chi connectivity index (χ3v) is 5.00. The number of rotatable bonds is 6. The number of nitrogens with one attached hydrogen (secondary N) is 1. The Morgan fingerprint density at radius 1 is 1.24 bits per heavy atom. The van der Waals surface area contributed by atoms with Crippen molar-refractivity contribution in [3.8, 4) is 0 Å². The summed E-state index contributed by atoms with van der Waals surface area (Å²) in [5.41, 5.74) is 3.44. The standard InChI is InChI=1S/C21H21N3O5/c1-28-21(27)15-6-7-18-17(8-15)23-19-12-29-11-16(24(18)19)10-22-9-13-2-4-14(5-3-13)20(25)26/h2-8,16,22H,9-12H2,1H3,(H,25,26)/t16-/m0/s1. The van der Waals surface area contributed by atoms with Crippen LogP contribution in [0.3, 0.4) is 0 Å². The first kappa shape index (κ1) is 19.1. The van der Waals surface area contributed by atoms with E-state index in [1.165, 1.54) is 7.11 Å². The average molecular weight is 395 g/mol. The van der Waals surface area contributed by atoms with Crippen LogP contribution in [0.5, 0.6) is 0 Å². The van der Waals surface area contributed by atoms with E-state index in [-0.39, 0.29) is 17.6 Å². The van der Waals surface area contributed by atoms with Crippen molar-refractivity contribution >= 4 is 23.0 Å². The Bertz CT molecular complexity index is 1060. The number of aromatic nitrogens is 2. The molecule has 8 nitrogen and oxygen atoms in total. The number of carboxylic acid groups (broad SMARTS) is 1. The lowest BCUT2D eigenvalue weighted by molar-refractivity contribution is 0.0564. The molecule has 1 aliphatic rings. The Kier molecular flexibility index (Phi) is 5.28. The first-order valence-electron chi connectivity index (χ1n) is 9.26. The van der Waals surface area contributed by atoms with Gasteiger partial charge in [0.1, 0.15) is 12.4 Å². The normalized spacial score (nSPS) is 15.8. The molecule has 2 aromatic carbocycles. The van der Waals surface area contributed by atoms with Gasteiger partial charge in [0.15, 0.2) is 0 Å². The zero-order valence-corrected chi connectivity index (χ0v) is 15.9. The van der Waals surface area contributed by atoms with Gasteiger partial charge in [-0.2, -0.15) is 0 Å². The molecule has 0 fully saturated rings. The van der Waals surface area contributed by atoms with Crippen LogP contribution in [0.1, 0.15) is 38.1 Å². The van der Waals surface area contributed by atoms with Crippen molar-refractivity contribution in [2.24, 2.45) is 0 Å². The van der Waals surface area contributed by atoms with E-state index in [1.54, 1.807) is 36.4 Å². The molecule has 0 unspecified atom stereocenters. The number of benzene rings is 2. The van der Waals surface area contributed by atoms with Crippen molar-refractivity contribution in [2.75, 3.05) is 20.3 Å². The summed E-state index contributed by atoms with van der Waals surface area (Å²) in [6.45, 7) is 2.26. The predicted octanol–water partition coefficient (Wildman–Crippen LogP) is 2.38. The van der Waals surface area contributed by atoms with Crippen LogP contribution >= 0.6 is 0 Å². The molecule has 1 aliphatic heterocycles. The molecule has 0 bridgehead atoms. The van der Waals surface area contributed by atoms with E-state index in [0.717, 1.165) is 22.4 Å². The number of hydrogen-bond donors (Lipinski definition) is 2. The van der Waals surface area contributed by atoms with Gasteiger partial charge in [0.2, 0.25) is 0 Å². The van der Waals surface area contributed by atoms with Gasteiger partial charge in [-0.15, -0.1) is 0 Å². The lowest BCUT2D eigenvalue weighted by Gasteiger charge is -2.26. The second kappa shape index (κ2) is 8.02. The molecule has 0 amide bonds. The summed E-state index contributed by atoms with van der Waals surface area (Å²) in [7, 11) is 1.36. The van der Waals surface area contributed by atoms with Gasteiger partial charge in [-0.05, 0) is 35.9 Å². The molecule has 0 saturated heterocycles. The number of aromatic carboxylic acids is 1. The number of hydrogen-bond acceptors (Lipinski definition) is 6. The van der Waals surface area contributed by atoms with Crippen LogP contribution in [-0.4, -0.2) is 46.9 Å². The third-order valence-electron chi connectivity index (χ3n) is 5.00. The van der Waals surface area contributed by atoms with Crippen LogP contribution in [0, 0.1) is 0 Å². The van der Waals surface area contributed by atoms with Crippen LogP contribution in [0.2, 0.25) is 0 Å². The highest BCUT2D eigenvalue weighted by molar-refractivity contribution is 5.93. The molecule has 8 heteroatoms. The molecule has 0 spiro atoms. The van der Waals surface area contributed by atoms with Gasteiger partial charge in [0, 0.05) is 13.1 Å². The molecule has 0 aliphatic carbocycles. The molecule has 4 rings (SSSR count). The molecule has 1 aromatic heterocycles. The minimum atomic E-state index is -0.932.